The molecule has 204 valence electrons. The summed E-state index contributed by atoms with van der Waals surface area (Å²) in [5.41, 5.74) is 2.92. The fourth-order valence-electron chi connectivity index (χ4n) is 2.65. The van der Waals surface area contributed by atoms with Crippen molar-refractivity contribution < 1.29 is 0 Å². The van der Waals surface area contributed by atoms with Crippen LogP contribution in [-0.4, -0.2) is 51.1 Å². The Morgan fingerprint density at radius 1 is 0.647 bits per heavy atom. The van der Waals surface area contributed by atoms with Gasteiger partial charge in [0.1, 0.15) is 0 Å². The van der Waals surface area contributed by atoms with Gasteiger partial charge >= 0.3 is 0 Å². The fraction of sp³-hybridized carbons (Fsp3) is 0.786. The monoisotopic (exact) mass is 584 g/mol. The Morgan fingerprint density at radius 2 is 0.971 bits per heavy atom. The summed E-state index contributed by atoms with van der Waals surface area (Å²) < 4.78 is 0.417. The van der Waals surface area contributed by atoms with E-state index in [1.165, 1.54) is 48.3 Å². The van der Waals surface area contributed by atoms with E-state index in [9.17, 15) is 0 Å². The van der Waals surface area contributed by atoms with Gasteiger partial charge in [0, 0.05) is 22.0 Å². The maximum atomic E-state index is 2.28. The van der Waals surface area contributed by atoms with Crippen molar-refractivity contribution in [2.24, 2.45) is 0 Å². The van der Waals surface area contributed by atoms with Crippen LogP contribution in [0.25, 0.3) is 0 Å². The first-order chi connectivity index (χ1) is 15.8. The summed E-state index contributed by atoms with van der Waals surface area (Å²) in [6.07, 6.45) is 13.9. The zero-order chi connectivity index (χ0) is 25.5. The smallest absolute Gasteiger partial charge is 0.0549 e. The van der Waals surface area contributed by atoms with E-state index in [1.807, 2.05) is 70.6 Å². The second-order valence-corrected chi connectivity index (χ2v) is 15.6. The van der Waals surface area contributed by atoms with Gasteiger partial charge in [0.2, 0.25) is 0 Å². The van der Waals surface area contributed by atoms with Gasteiger partial charge in [0.05, 0.1) is 4.08 Å². The lowest BCUT2D eigenvalue weighted by Crippen LogP contribution is -2.17. The van der Waals surface area contributed by atoms with E-state index in [-0.39, 0.29) is 7.43 Å². The third kappa shape index (κ3) is 22.5. The molecule has 1 aromatic carbocycles. The van der Waals surface area contributed by atoms with Gasteiger partial charge in [-0.15, -0.1) is 23.5 Å². The van der Waals surface area contributed by atoms with E-state index in [0.29, 0.717) is 4.08 Å². The van der Waals surface area contributed by atoms with Crippen LogP contribution in [0.4, 0.5) is 0 Å². The Bertz CT molecular complexity index is 465. The highest BCUT2D eigenvalue weighted by molar-refractivity contribution is 8.17. The Hall–Kier alpha value is 1.32. The van der Waals surface area contributed by atoms with Gasteiger partial charge in [-0.2, -0.15) is 47.0 Å². The molecule has 0 spiro atoms. The molecular formula is C28H56S6. The molecule has 34 heavy (non-hydrogen) atoms. The fourth-order valence-corrected chi connectivity index (χ4v) is 7.36. The molecule has 0 saturated carbocycles. The van der Waals surface area contributed by atoms with Crippen LogP contribution in [0.1, 0.15) is 85.8 Å². The largest absolute Gasteiger partial charge is 0.161 e. The number of benzene rings is 1. The zero-order valence-corrected chi connectivity index (χ0v) is 28.0. The standard InChI is InChI=1S/C14H22S2.C8H18S2.C5H12S2.CH4/c1-3-9-15-11-13-5-7-14(8-6-13)12-16-10-4-2;1-5-7(9-3)8(6-2)10-4;1-5(2,6-3)7-4;/h5-8H,3-4,9-12H2,1-2H3;7-8H,5-6H2,1-4H3;1-4H3;1H4. The first-order valence-electron chi connectivity index (χ1n) is 12.2. The minimum Gasteiger partial charge on any atom is -0.161 e. The number of rotatable bonds is 15. The lowest BCUT2D eigenvalue weighted by atomic mass is 10.2. The van der Waals surface area contributed by atoms with Crippen molar-refractivity contribution >= 4 is 70.6 Å². The van der Waals surface area contributed by atoms with Gasteiger partial charge in [-0.25, -0.2) is 0 Å². The Balaban J connectivity index is -0.000000461. The van der Waals surface area contributed by atoms with Crippen molar-refractivity contribution in [1.29, 1.82) is 0 Å². The molecule has 0 radical (unpaired) electrons. The quantitative estimate of drug-likeness (QED) is 0.147. The lowest BCUT2D eigenvalue weighted by Gasteiger charge is -2.20. The minimum atomic E-state index is 0. The lowest BCUT2D eigenvalue weighted by molar-refractivity contribution is 0.740. The molecule has 0 aliphatic carbocycles. The third-order valence-electron chi connectivity index (χ3n) is 5.07. The number of thioether (sulfide) groups is 6. The van der Waals surface area contributed by atoms with Gasteiger partial charge in [0.15, 0.2) is 0 Å². The molecule has 1 aromatic rings. The van der Waals surface area contributed by atoms with E-state index in [2.05, 4.69) is 90.8 Å². The van der Waals surface area contributed by atoms with Crippen molar-refractivity contribution in [3.05, 3.63) is 35.4 Å². The highest BCUT2D eigenvalue weighted by Gasteiger charge is 2.15. The molecule has 0 bridgehead atoms. The normalized spacial score (nSPS) is 12.4. The summed E-state index contributed by atoms with van der Waals surface area (Å²) >= 11 is 11.8. The van der Waals surface area contributed by atoms with Crippen molar-refractivity contribution in [3.8, 4) is 0 Å². The van der Waals surface area contributed by atoms with Crippen molar-refractivity contribution in [2.45, 2.75) is 101 Å². The molecule has 0 N–H and O–H groups in total. The summed E-state index contributed by atoms with van der Waals surface area (Å²) in [4.78, 5) is 0. The molecule has 0 aliphatic heterocycles. The summed E-state index contributed by atoms with van der Waals surface area (Å²) in [6.45, 7) is 13.5. The summed E-state index contributed by atoms with van der Waals surface area (Å²) in [5, 5.41) is 1.72. The third-order valence-corrected chi connectivity index (χ3v) is 13.2. The van der Waals surface area contributed by atoms with Gasteiger partial charge in [-0.05, 0) is 87.2 Å². The first-order valence-corrected chi connectivity index (χ1v) is 19.5. The van der Waals surface area contributed by atoms with Crippen LogP contribution in [0.2, 0.25) is 0 Å². The maximum Gasteiger partial charge on any atom is 0.0549 e. The molecule has 0 fully saturated rings. The molecule has 0 saturated heterocycles. The molecule has 0 aromatic heterocycles. The summed E-state index contributed by atoms with van der Waals surface area (Å²) in [5.74, 6) is 4.87. The molecule has 1 rings (SSSR count). The Labute approximate surface area is 241 Å². The van der Waals surface area contributed by atoms with Crippen molar-refractivity contribution in [2.75, 3.05) is 36.5 Å². The van der Waals surface area contributed by atoms with Gasteiger partial charge in [-0.1, -0.05) is 59.4 Å². The van der Waals surface area contributed by atoms with Crippen LogP contribution in [0, 0.1) is 0 Å². The maximum absolute atomic E-state index is 2.28. The van der Waals surface area contributed by atoms with Crippen LogP contribution in [0.3, 0.4) is 0 Å². The van der Waals surface area contributed by atoms with Crippen LogP contribution in [0.5, 0.6) is 0 Å². The molecule has 0 heterocycles. The average Bonchev–Trinajstić information content (AvgIpc) is 2.84. The second-order valence-electron chi connectivity index (χ2n) is 8.09. The molecule has 0 nitrogen and oxygen atoms in total. The number of hydrogen-bond donors (Lipinski definition) is 0. The van der Waals surface area contributed by atoms with E-state index in [1.54, 1.807) is 0 Å². The predicted octanol–water partition coefficient (Wildman–Crippen LogP) is 11.3. The highest BCUT2D eigenvalue weighted by Crippen LogP contribution is 2.31. The second kappa shape index (κ2) is 27.4. The van der Waals surface area contributed by atoms with Crippen LogP contribution in [0.15, 0.2) is 24.3 Å². The highest BCUT2D eigenvalue weighted by atomic mass is 32.2. The van der Waals surface area contributed by atoms with E-state index in [0.717, 1.165) is 22.0 Å². The molecule has 6 heteroatoms. The van der Waals surface area contributed by atoms with Crippen LogP contribution in [-0.2, 0) is 11.5 Å². The minimum absolute atomic E-state index is 0. The topological polar surface area (TPSA) is 0 Å². The van der Waals surface area contributed by atoms with Gasteiger partial charge in [-0.3, -0.25) is 0 Å². The molecule has 0 aliphatic rings. The summed E-state index contributed by atoms with van der Waals surface area (Å²) in [6, 6.07) is 9.13. The van der Waals surface area contributed by atoms with E-state index in [4.69, 9.17) is 0 Å². The van der Waals surface area contributed by atoms with Gasteiger partial charge in [0.25, 0.3) is 0 Å². The molecule has 0 amide bonds. The molecular weight excluding hydrogens is 529 g/mol. The van der Waals surface area contributed by atoms with Crippen LogP contribution >= 0.6 is 70.6 Å². The molecule has 2 unspecified atom stereocenters. The van der Waals surface area contributed by atoms with Crippen molar-refractivity contribution in [1.82, 2.24) is 0 Å². The van der Waals surface area contributed by atoms with E-state index >= 15 is 0 Å². The van der Waals surface area contributed by atoms with Crippen LogP contribution < -0.4 is 0 Å². The Kier molecular flexibility index (Phi) is 32.0. The first kappa shape index (κ1) is 39.8. The average molecular weight is 585 g/mol. The zero-order valence-electron chi connectivity index (χ0n) is 23.1. The van der Waals surface area contributed by atoms with E-state index < -0.39 is 0 Å². The number of hydrogen-bond acceptors (Lipinski definition) is 6. The van der Waals surface area contributed by atoms with Gasteiger partial charge < -0.3 is 0 Å². The van der Waals surface area contributed by atoms with Crippen molar-refractivity contribution in [3.63, 3.8) is 0 Å². The Morgan fingerprint density at radius 3 is 1.15 bits per heavy atom. The summed E-state index contributed by atoms with van der Waals surface area (Å²) in [7, 11) is 0. The SMILES string of the molecule is C.CCC(SC)C(CC)SC.CCCSCc1ccc(CSCCC)cc1.CSC(C)(C)SC. The predicted molar refractivity (Wildman–Crippen MR) is 182 cm³/mol. The molecule has 2 atom stereocenters.